The van der Waals surface area contributed by atoms with Crippen molar-refractivity contribution in [1.29, 1.82) is 0 Å². The fourth-order valence-electron chi connectivity index (χ4n) is 0.641. The van der Waals surface area contributed by atoms with E-state index in [-0.39, 0.29) is 0 Å². The van der Waals surface area contributed by atoms with Crippen LogP contribution in [0.25, 0.3) is 0 Å². The lowest BCUT2D eigenvalue weighted by Gasteiger charge is -1.91. The van der Waals surface area contributed by atoms with Crippen LogP contribution in [0.5, 0.6) is 0 Å². The Labute approximate surface area is 44.0 Å². The van der Waals surface area contributed by atoms with Crippen LogP contribution in [-0.2, 0) is 4.74 Å². The van der Waals surface area contributed by atoms with Gasteiger partial charge < -0.3 is 4.74 Å². The molecule has 0 saturated heterocycles. The van der Waals surface area contributed by atoms with Gasteiger partial charge in [-0.25, -0.2) is 0 Å². The predicted octanol–water partition coefficient (Wildman–Crippen LogP) is 1.35. The zero-order valence-electron chi connectivity index (χ0n) is 4.39. The minimum absolute atomic E-state index is 0.913. The summed E-state index contributed by atoms with van der Waals surface area (Å²) in [6.45, 7) is 1.83. The highest BCUT2D eigenvalue weighted by Crippen LogP contribution is 1.95. The summed E-state index contributed by atoms with van der Waals surface area (Å²) in [4.78, 5) is 0. The zero-order chi connectivity index (χ0) is 4.95. The van der Waals surface area contributed by atoms with Crippen molar-refractivity contribution in [3.8, 4) is 0 Å². The Morgan fingerprint density at radius 3 is 2.14 bits per heavy atom. The molecule has 7 heavy (non-hydrogen) atoms. The Balaban J connectivity index is 2.20. The summed E-state index contributed by atoms with van der Waals surface area (Å²) in [5.74, 6) is 0. The van der Waals surface area contributed by atoms with Gasteiger partial charge in [0, 0.05) is 0 Å². The van der Waals surface area contributed by atoms with Gasteiger partial charge in [0.2, 0.25) is 0 Å². The summed E-state index contributed by atoms with van der Waals surface area (Å²) in [5, 5.41) is 0. The summed E-state index contributed by atoms with van der Waals surface area (Å²) in [5.41, 5.74) is 0. The molecule has 0 aromatic rings. The van der Waals surface area contributed by atoms with Gasteiger partial charge in [0.25, 0.3) is 0 Å². The van der Waals surface area contributed by atoms with Crippen LogP contribution in [0.2, 0.25) is 0 Å². The van der Waals surface area contributed by atoms with Gasteiger partial charge in [0.15, 0.2) is 0 Å². The van der Waals surface area contributed by atoms with E-state index in [1.807, 2.05) is 0 Å². The van der Waals surface area contributed by atoms with Crippen molar-refractivity contribution in [1.82, 2.24) is 0 Å². The van der Waals surface area contributed by atoms with Crippen molar-refractivity contribution in [3.05, 3.63) is 12.2 Å². The van der Waals surface area contributed by atoms with Crippen LogP contribution in [-0.4, -0.2) is 13.2 Å². The summed E-state index contributed by atoms with van der Waals surface area (Å²) in [7, 11) is 0. The highest BCUT2D eigenvalue weighted by Gasteiger charge is 1.87. The van der Waals surface area contributed by atoms with E-state index in [2.05, 4.69) is 12.2 Å². The van der Waals surface area contributed by atoms with E-state index in [0.717, 1.165) is 26.1 Å². The standard InChI is InChI=1S/C6H10O/c1-2-4-6-7-5-3-1/h1-2H,3-6H2. The lowest BCUT2D eigenvalue weighted by atomic mass is 10.4. The molecule has 0 spiro atoms. The molecular formula is C6H10O. The lowest BCUT2D eigenvalue weighted by Crippen LogP contribution is -1.89. The number of rotatable bonds is 0. The van der Waals surface area contributed by atoms with Crippen molar-refractivity contribution in [2.45, 2.75) is 12.8 Å². The molecule has 0 N–H and O–H groups in total. The monoisotopic (exact) mass is 98.1 g/mol. The van der Waals surface area contributed by atoms with E-state index in [1.165, 1.54) is 0 Å². The maximum absolute atomic E-state index is 5.13. The van der Waals surface area contributed by atoms with Gasteiger partial charge in [-0.3, -0.25) is 0 Å². The smallest absolute Gasteiger partial charge is 0.0500 e. The third kappa shape index (κ3) is 1.74. The van der Waals surface area contributed by atoms with E-state index >= 15 is 0 Å². The van der Waals surface area contributed by atoms with Gasteiger partial charge in [0.05, 0.1) is 13.2 Å². The Morgan fingerprint density at radius 2 is 1.57 bits per heavy atom. The van der Waals surface area contributed by atoms with Crippen LogP contribution < -0.4 is 0 Å². The third-order valence-corrected chi connectivity index (χ3v) is 1.02. The largest absolute Gasteiger partial charge is 0.381 e. The van der Waals surface area contributed by atoms with E-state index in [4.69, 9.17) is 4.74 Å². The molecule has 0 aromatic carbocycles. The Bertz CT molecular complexity index is 58.6. The van der Waals surface area contributed by atoms with E-state index in [9.17, 15) is 0 Å². The molecule has 0 aromatic heterocycles. The quantitative estimate of drug-likeness (QED) is 0.415. The third-order valence-electron chi connectivity index (χ3n) is 1.02. The molecule has 1 aliphatic rings. The van der Waals surface area contributed by atoms with E-state index in [0.29, 0.717) is 0 Å². The van der Waals surface area contributed by atoms with Gasteiger partial charge in [-0.15, -0.1) is 0 Å². The maximum atomic E-state index is 5.13. The minimum Gasteiger partial charge on any atom is -0.381 e. The van der Waals surface area contributed by atoms with Crippen LogP contribution in [0, 0.1) is 0 Å². The average molecular weight is 98.1 g/mol. The molecule has 1 rings (SSSR count). The molecule has 0 radical (unpaired) electrons. The summed E-state index contributed by atoms with van der Waals surface area (Å²) < 4.78 is 5.13. The first-order valence-electron chi connectivity index (χ1n) is 2.73. The second kappa shape index (κ2) is 2.80. The molecule has 0 fully saturated rings. The van der Waals surface area contributed by atoms with Gasteiger partial charge in [-0.1, -0.05) is 12.2 Å². The van der Waals surface area contributed by atoms with Crippen LogP contribution in [0.4, 0.5) is 0 Å². The molecule has 0 saturated carbocycles. The second-order valence-corrected chi connectivity index (χ2v) is 1.66. The summed E-state index contributed by atoms with van der Waals surface area (Å²) >= 11 is 0. The van der Waals surface area contributed by atoms with Crippen molar-refractivity contribution in [3.63, 3.8) is 0 Å². The molecule has 0 aliphatic carbocycles. The number of hydrogen-bond acceptors (Lipinski definition) is 1. The molecule has 0 unspecified atom stereocenters. The first kappa shape index (κ1) is 4.85. The van der Waals surface area contributed by atoms with Crippen molar-refractivity contribution >= 4 is 0 Å². The summed E-state index contributed by atoms with van der Waals surface area (Å²) in [6, 6.07) is 0. The molecule has 0 bridgehead atoms. The molecule has 1 heteroatoms. The number of ether oxygens (including phenoxy) is 1. The van der Waals surface area contributed by atoms with Gasteiger partial charge in [0.1, 0.15) is 0 Å². The normalized spacial score (nSPS) is 21.7. The highest BCUT2D eigenvalue weighted by molar-refractivity contribution is 4.82. The minimum atomic E-state index is 0.913. The first-order valence-corrected chi connectivity index (χ1v) is 2.73. The van der Waals surface area contributed by atoms with Gasteiger partial charge in [-0.2, -0.15) is 0 Å². The molecular weight excluding hydrogens is 88.1 g/mol. The lowest BCUT2D eigenvalue weighted by molar-refractivity contribution is 0.148. The molecule has 0 atom stereocenters. The van der Waals surface area contributed by atoms with E-state index in [1.54, 1.807) is 0 Å². The van der Waals surface area contributed by atoms with Crippen molar-refractivity contribution in [2.24, 2.45) is 0 Å². The molecule has 0 amide bonds. The zero-order valence-corrected chi connectivity index (χ0v) is 4.39. The fraction of sp³-hybridized carbons (Fsp3) is 0.667. The first-order chi connectivity index (χ1) is 3.50. The SMILES string of the molecule is C1=CCCOCC1. The van der Waals surface area contributed by atoms with Gasteiger partial charge in [-0.05, 0) is 12.8 Å². The number of hydrogen-bond donors (Lipinski definition) is 0. The maximum Gasteiger partial charge on any atom is 0.0500 e. The highest BCUT2D eigenvalue weighted by atomic mass is 16.5. The molecule has 1 heterocycles. The molecule has 1 aliphatic heterocycles. The molecule has 1 nitrogen and oxygen atoms in total. The van der Waals surface area contributed by atoms with Gasteiger partial charge >= 0.3 is 0 Å². The summed E-state index contributed by atoms with van der Waals surface area (Å²) in [6.07, 6.45) is 6.54. The molecule has 40 valence electrons. The predicted molar refractivity (Wildman–Crippen MR) is 29.2 cm³/mol. The topological polar surface area (TPSA) is 9.23 Å². The van der Waals surface area contributed by atoms with Crippen LogP contribution in [0.1, 0.15) is 12.8 Å². The van der Waals surface area contributed by atoms with Crippen LogP contribution in [0.3, 0.4) is 0 Å². The van der Waals surface area contributed by atoms with Crippen molar-refractivity contribution < 1.29 is 4.74 Å². The Kier molecular flexibility index (Phi) is 1.94. The Morgan fingerprint density at radius 1 is 1.00 bits per heavy atom. The van der Waals surface area contributed by atoms with Crippen molar-refractivity contribution in [2.75, 3.05) is 13.2 Å². The van der Waals surface area contributed by atoms with Crippen LogP contribution >= 0.6 is 0 Å². The fourth-order valence-corrected chi connectivity index (χ4v) is 0.641. The van der Waals surface area contributed by atoms with Crippen LogP contribution in [0.15, 0.2) is 12.2 Å². The second-order valence-electron chi connectivity index (χ2n) is 1.66. The average Bonchev–Trinajstić information content (AvgIpc) is 1.90. The van der Waals surface area contributed by atoms with E-state index < -0.39 is 0 Å². The Hall–Kier alpha value is -0.300.